The Kier molecular flexibility index (Phi) is 2.68. The number of hydrogen-bond donors (Lipinski definition) is 1. The maximum Gasteiger partial charge on any atom is 0.188 e. The van der Waals surface area contributed by atoms with Crippen LogP contribution in [0.2, 0.25) is 0 Å². The van der Waals surface area contributed by atoms with Gasteiger partial charge in [-0.3, -0.25) is 0 Å². The summed E-state index contributed by atoms with van der Waals surface area (Å²) >= 11 is 1.33. The lowest BCUT2D eigenvalue weighted by Gasteiger charge is -2.01. The Balaban J connectivity index is 1.95. The van der Waals surface area contributed by atoms with Crippen LogP contribution in [0.25, 0.3) is 10.2 Å². The van der Waals surface area contributed by atoms with Crippen molar-refractivity contribution < 1.29 is 8.78 Å². The molecular weight excluding hydrogens is 254 g/mol. The molecule has 0 unspecified atom stereocenters. The van der Waals surface area contributed by atoms with E-state index >= 15 is 0 Å². The van der Waals surface area contributed by atoms with E-state index in [1.54, 1.807) is 18.2 Å². The Bertz CT molecular complexity index is 709. The van der Waals surface area contributed by atoms with Crippen molar-refractivity contribution in [2.45, 2.75) is 0 Å². The summed E-state index contributed by atoms with van der Waals surface area (Å²) in [6.07, 6.45) is 0. The SMILES string of the molecule is Fc1cccc(Nc2nc3ccc(F)cc3s2)c1. The zero-order chi connectivity index (χ0) is 12.5. The average Bonchev–Trinajstić information content (AvgIpc) is 2.70. The fourth-order valence-corrected chi connectivity index (χ4v) is 2.55. The first kappa shape index (κ1) is 11.1. The van der Waals surface area contributed by atoms with Crippen molar-refractivity contribution in [2.75, 3.05) is 5.32 Å². The summed E-state index contributed by atoms with van der Waals surface area (Å²) in [5.41, 5.74) is 1.34. The zero-order valence-corrected chi connectivity index (χ0v) is 9.97. The molecule has 0 saturated heterocycles. The molecule has 0 saturated carbocycles. The van der Waals surface area contributed by atoms with Gasteiger partial charge < -0.3 is 5.32 Å². The van der Waals surface area contributed by atoms with E-state index in [1.807, 2.05) is 0 Å². The molecule has 2 nitrogen and oxygen atoms in total. The van der Waals surface area contributed by atoms with Crippen molar-refractivity contribution in [3.8, 4) is 0 Å². The Morgan fingerprint density at radius 1 is 1.00 bits per heavy atom. The van der Waals surface area contributed by atoms with Gasteiger partial charge in [-0.05, 0) is 36.4 Å². The van der Waals surface area contributed by atoms with Gasteiger partial charge in [-0.2, -0.15) is 0 Å². The lowest BCUT2D eigenvalue weighted by atomic mass is 10.3. The van der Waals surface area contributed by atoms with Crippen LogP contribution in [0.5, 0.6) is 0 Å². The predicted molar refractivity (Wildman–Crippen MR) is 69.3 cm³/mol. The van der Waals surface area contributed by atoms with Gasteiger partial charge in [-0.15, -0.1) is 0 Å². The number of rotatable bonds is 2. The van der Waals surface area contributed by atoms with E-state index < -0.39 is 0 Å². The number of thiazole rings is 1. The molecule has 0 spiro atoms. The summed E-state index contributed by atoms with van der Waals surface area (Å²) in [6, 6.07) is 10.5. The molecule has 0 fully saturated rings. The first-order valence-electron chi connectivity index (χ1n) is 5.29. The van der Waals surface area contributed by atoms with E-state index in [9.17, 15) is 8.78 Å². The molecule has 18 heavy (non-hydrogen) atoms. The summed E-state index contributed by atoms with van der Waals surface area (Å²) in [5.74, 6) is -0.601. The van der Waals surface area contributed by atoms with E-state index in [1.165, 1.54) is 35.6 Å². The molecule has 0 aliphatic carbocycles. The van der Waals surface area contributed by atoms with Crippen LogP contribution in [0.4, 0.5) is 19.6 Å². The van der Waals surface area contributed by atoms with Crippen molar-refractivity contribution in [3.05, 3.63) is 54.1 Å². The number of anilines is 2. The van der Waals surface area contributed by atoms with Crippen LogP contribution < -0.4 is 5.32 Å². The second-order valence-electron chi connectivity index (χ2n) is 3.77. The molecule has 3 aromatic rings. The average molecular weight is 262 g/mol. The number of fused-ring (bicyclic) bond motifs is 1. The third-order valence-corrected chi connectivity index (χ3v) is 3.36. The molecular formula is C13H8F2N2S. The third-order valence-electron chi connectivity index (χ3n) is 2.43. The smallest absolute Gasteiger partial charge is 0.188 e. The Hall–Kier alpha value is -2.01. The van der Waals surface area contributed by atoms with Crippen LogP contribution >= 0.6 is 11.3 Å². The molecule has 90 valence electrons. The number of hydrogen-bond acceptors (Lipinski definition) is 3. The fraction of sp³-hybridized carbons (Fsp3) is 0. The Labute approximate surface area is 106 Å². The monoisotopic (exact) mass is 262 g/mol. The minimum atomic E-state index is -0.313. The van der Waals surface area contributed by atoms with E-state index in [-0.39, 0.29) is 11.6 Å². The predicted octanol–water partition coefficient (Wildman–Crippen LogP) is 4.32. The van der Waals surface area contributed by atoms with Gasteiger partial charge in [0.2, 0.25) is 0 Å². The first-order valence-corrected chi connectivity index (χ1v) is 6.11. The van der Waals surface area contributed by atoms with Crippen LogP contribution in [0.3, 0.4) is 0 Å². The van der Waals surface area contributed by atoms with Crippen molar-refractivity contribution in [1.82, 2.24) is 4.98 Å². The quantitative estimate of drug-likeness (QED) is 0.744. The van der Waals surface area contributed by atoms with Gasteiger partial charge >= 0.3 is 0 Å². The topological polar surface area (TPSA) is 24.9 Å². The van der Waals surface area contributed by atoms with E-state index in [4.69, 9.17) is 0 Å². The second kappa shape index (κ2) is 4.34. The molecule has 0 radical (unpaired) electrons. The highest BCUT2D eigenvalue weighted by Crippen LogP contribution is 2.28. The van der Waals surface area contributed by atoms with E-state index in [2.05, 4.69) is 10.3 Å². The van der Waals surface area contributed by atoms with Crippen LogP contribution in [0, 0.1) is 11.6 Å². The minimum absolute atomic E-state index is 0.288. The van der Waals surface area contributed by atoms with Gasteiger partial charge in [0.25, 0.3) is 0 Å². The number of nitrogens with one attached hydrogen (secondary N) is 1. The molecule has 0 atom stereocenters. The summed E-state index contributed by atoms with van der Waals surface area (Å²) in [6.45, 7) is 0. The van der Waals surface area contributed by atoms with E-state index in [0.717, 1.165) is 10.2 Å². The number of benzene rings is 2. The minimum Gasteiger partial charge on any atom is -0.331 e. The molecule has 0 bridgehead atoms. The Morgan fingerprint density at radius 3 is 2.67 bits per heavy atom. The highest BCUT2D eigenvalue weighted by molar-refractivity contribution is 7.22. The number of nitrogens with zero attached hydrogens (tertiary/aromatic N) is 1. The molecule has 1 aromatic heterocycles. The fourth-order valence-electron chi connectivity index (χ4n) is 1.64. The van der Waals surface area contributed by atoms with Gasteiger partial charge in [0.05, 0.1) is 10.2 Å². The van der Waals surface area contributed by atoms with Crippen LogP contribution in [-0.2, 0) is 0 Å². The summed E-state index contributed by atoms with van der Waals surface area (Å²) in [5, 5.41) is 3.61. The highest BCUT2D eigenvalue weighted by atomic mass is 32.1. The van der Waals surface area contributed by atoms with Crippen molar-refractivity contribution in [3.63, 3.8) is 0 Å². The van der Waals surface area contributed by atoms with Gasteiger partial charge in [0.15, 0.2) is 5.13 Å². The van der Waals surface area contributed by atoms with Crippen molar-refractivity contribution >= 4 is 32.4 Å². The standard InChI is InChI=1S/C13H8F2N2S/c14-8-2-1-3-10(6-8)16-13-17-11-5-4-9(15)7-12(11)18-13/h1-7H,(H,16,17). The van der Waals surface area contributed by atoms with Crippen LogP contribution in [0.1, 0.15) is 0 Å². The maximum atomic E-state index is 13.0. The molecule has 0 aliphatic rings. The highest BCUT2D eigenvalue weighted by Gasteiger charge is 2.05. The van der Waals surface area contributed by atoms with Crippen LogP contribution in [-0.4, -0.2) is 4.98 Å². The second-order valence-corrected chi connectivity index (χ2v) is 4.80. The third kappa shape index (κ3) is 2.17. The summed E-state index contributed by atoms with van der Waals surface area (Å²) in [4.78, 5) is 4.30. The van der Waals surface area contributed by atoms with Gasteiger partial charge in [0, 0.05) is 5.69 Å². The molecule has 3 rings (SSSR count). The molecule has 0 amide bonds. The van der Waals surface area contributed by atoms with Gasteiger partial charge in [-0.1, -0.05) is 17.4 Å². The van der Waals surface area contributed by atoms with Crippen molar-refractivity contribution in [1.29, 1.82) is 0 Å². The van der Waals surface area contributed by atoms with Gasteiger partial charge in [-0.25, -0.2) is 13.8 Å². The first-order chi connectivity index (χ1) is 8.70. The number of aromatic nitrogens is 1. The lowest BCUT2D eigenvalue weighted by molar-refractivity contribution is 0.628. The Morgan fingerprint density at radius 2 is 1.83 bits per heavy atom. The molecule has 1 heterocycles. The van der Waals surface area contributed by atoms with E-state index in [0.29, 0.717) is 10.8 Å². The lowest BCUT2D eigenvalue weighted by Crippen LogP contribution is -1.89. The number of halogens is 2. The largest absolute Gasteiger partial charge is 0.331 e. The molecule has 5 heteroatoms. The molecule has 1 N–H and O–H groups in total. The molecule has 0 aliphatic heterocycles. The van der Waals surface area contributed by atoms with Crippen molar-refractivity contribution in [2.24, 2.45) is 0 Å². The summed E-state index contributed by atoms with van der Waals surface area (Å²) in [7, 11) is 0. The maximum absolute atomic E-state index is 13.0. The summed E-state index contributed by atoms with van der Waals surface area (Å²) < 4.78 is 26.8. The van der Waals surface area contributed by atoms with Crippen LogP contribution in [0.15, 0.2) is 42.5 Å². The van der Waals surface area contributed by atoms with Gasteiger partial charge in [0.1, 0.15) is 11.6 Å². The zero-order valence-electron chi connectivity index (χ0n) is 9.15. The normalized spacial score (nSPS) is 10.8. The molecule has 2 aromatic carbocycles.